The number of aryl methyl sites for hydroxylation is 2. The van der Waals surface area contributed by atoms with Gasteiger partial charge < -0.3 is 5.73 Å². The molecule has 0 unspecified atom stereocenters. The van der Waals surface area contributed by atoms with Gasteiger partial charge in [-0.2, -0.15) is 0 Å². The van der Waals surface area contributed by atoms with Gasteiger partial charge in [0, 0.05) is 18.7 Å². The summed E-state index contributed by atoms with van der Waals surface area (Å²) in [5, 5.41) is 0. The maximum absolute atomic E-state index is 5.62. The van der Waals surface area contributed by atoms with Crippen LogP contribution in [0.4, 0.5) is 0 Å². The van der Waals surface area contributed by atoms with Gasteiger partial charge in [-0.15, -0.1) is 0 Å². The Morgan fingerprint density at radius 3 is 2.59 bits per heavy atom. The molecule has 0 aliphatic rings. The SMILES string of the molecule is Cc1cc(CN)nc(Cc2ccccc2C)n1. The fourth-order valence-corrected chi connectivity index (χ4v) is 1.86. The first kappa shape index (κ1) is 11.7. The average molecular weight is 227 g/mol. The summed E-state index contributed by atoms with van der Waals surface area (Å²) in [6, 6.07) is 10.2. The van der Waals surface area contributed by atoms with Gasteiger partial charge in [0.05, 0.1) is 5.69 Å². The van der Waals surface area contributed by atoms with E-state index in [-0.39, 0.29) is 0 Å². The van der Waals surface area contributed by atoms with E-state index in [0.29, 0.717) is 6.54 Å². The first-order valence-electron chi connectivity index (χ1n) is 5.77. The first-order valence-corrected chi connectivity index (χ1v) is 5.77. The highest BCUT2D eigenvalue weighted by Crippen LogP contribution is 2.11. The molecule has 1 heterocycles. The lowest BCUT2D eigenvalue weighted by atomic mass is 10.1. The van der Waals surface area contributed by atoms with E-state index in [9.17, 15) is 0 Å². The monoisotopic (exact) mass is 227 g/mol. The smallest absolute Gasteiger partial charge is 0.133 e. The van der Waals surface area contributed by atoms with E-state index < -0.39 is 0 Å². The quantitative estimate of drug-likeness (QED) is 0.874. The molecule has 0 fully saturated rings. The van der Waals surface area contributed by atoms with E-state index in [4.69, 9.17) is 5.73 Å². The Morgan fingerprint density at radius 1 is 1.12 bits per heavy atom. The second-order valence-corrected chi connectivity index (χ2v) is 4.22. The number of hydrogen-bond donors (Lipinski definition) is 1. The summed E-state index contributed by atoms with van der Waals surface area (Å²) in [6.45, 7) is 4.54. The van der Waals surface area contributed by atoms with Gasteiger partial charge in [0.25, 0.3) is 0 Å². The predicted octanol–water partition coefficient (Wildman–Crippen LogP) is 2.14. The second-order valence-electron chi connectivity index (χ2n) is 4.22. The molecule has 0 aliphatic heterocycles. The normalized spacial score (nSPS) is 10.5. The highest BCUT2D eigenvalue weighted by Gasteiger charge is 2.04. The Balaban J connectivity index is 2.30. The van der Waals surface area contributed by atoms with E-state index in [1.54, 1.807) is 0 Å². The lowest BCUT2D eigenvalue weighted by molar-refractivity contribution is 0.871. The van der Waals surface area contributed by atoms with Crippen molar-refractivity contribution in [2.24, 2.45) is 5.73 Å². The van der Waals surface area contributed by atoms with Gasteiger partial charge in [-0.05, 0) is 31.0 Å². The second kappa shape index (κ2) is 5.06. The fourth-order valence-electron chi connectivity index (χ4n) is 1.86. The Labute approximate surface area is 102 Å². The van der Waals surface area contributed by atoms with Crippen molar-refractivity contribution < 1.29 is 0 Å². The molecule has 0 radical (unpaired) electrons. The van der Waals surface area contributed by atoms with Gasteiger partial charge in [0.15, 0.2) is 0 Å². The van der Waals surface area contributed by atoms with Crippen molar-refractivity contribution in [3.8, 4) is 0 Å². The molecule has 2 N–H and O–H groups in total. The van der Waals surface area contributed by atoms with Crippen LogP contribution in [0.5, 0.6) is 0 Å². The van der Waals surface area contributed by atoms with Crippen LogP contribution in [0.3, 0.4) is 0 Å². The van der Waals surface area contributed by atoms with E-state index >= 15 is 0 Å². The molecular formula is C14H17N3. The Morgan fingerprint density at radius 2 is 1.88 bits per heavy atom. The van der Waals surface area contributed by atoms with Crippen LogP contribution >= 0.6 is 0 Å². The molecule has 0 aliphatic carbocycles. The van der Waals surface area contributed by atoms with Crippen LogP contribution < -0.4 is 5.73 Å². The van der Waals surface area contributed by atoms with Crippen molar-refractivity contribution in [3.05, 3.63) is 58.7 Å². The van der Waals surface area contributed by atoms with Gasteiger partial charge in [-0.25, -0.2) is 9.97 Å². The van der Waals surface area contributed by atoms with Gasteiger partial charge in [0.1, 0.15) is 5.82 Å². The minimum atomic E-state index is 0.462. The zero-order chi connectivity index (χ0) is 12.3. The predicted molar refractivity (Wildman–Crippen MR) is 68.6 cm³/mol. The van der Waals surface area contributed by atoms with Crippen molar-refractivity contribution in [2.75, 3.05) is 0 Å². The van der Waals surface area contributed by atoms with Crippen molar-refractivity contribution in [1.29, 1.82) is 0 Å². The Kier molecular flexibility index (Phi) is 3.49. The zero-order valence-electron chi connectivity index (χ0n) is 10.3. The van der Waals surface area contributed by atoms with Crippen LogP contribution in [0, 0.1) is 13.8 Å². The number of benzene rings is 1. The third-order valence-corrected chi connectivity index (χ3v) is 2.77. The third-order valence-electron chi connectivity index (χ3n) is 2.77. The van der Waals surface area contributed by atoms with Crippen molar-refractivity contribution >= 4 is 0 Å². The van der Waals surface area contributed by atoms with Crippen LogP contribution in [0.1, 0.15) is 28.3 Å². The molecule has 17 heavy (non-hydrogen) atoms. The highest BCUT2D eigenvalue weighted by molar-refractivity contribution is 5.28. The molecule has 1 aromatic heterocycles. The molecular weight excluding hydrogens is 210 g/mol. The number of aromatic nitrogens is 2. The summed E-state index contributed by atoms with van der Waals surface area (Å²) in [4.78, 5) is 8.90. The van der Waals surface area contributed by atoms with E-state index in [1.807, 2.05) is 25.1 Å². The van der Waals surface area contributed by atoms with Crippen molar-refractivity contribution in [3.63, 3.8) is 0 Å². The molecule has 3 heteroatoms. The van der Waals surface area contributed by atoms with E-state index in [2.05, 4.69) is 29.0 Å². The topological polar surface area (TPSA) is 51.8 Å². The minimum absolute atomic E-state index is 0.462. The summed E-state index contributed by atoms with van der Waals surface area (Å²) >= 11 is 0. The number of hydrogen-bond acceptors (Lipinski definition) is 3. The molecule has 0 atom stereocenters. The molecule has 2 aromatic rings. The third kappa shape index (κ3) is 2.88. The first-order chi connectivity index (χ1) is 8.19. The fraction of sp³-hybridized carbons (Fsp3) is 0.286. The molecule has 0 amide bonds. The van der Waals surface area contributed by atoms with Gasteiger partial charge in [-0.1, -0.05) is 24.3 Å². The van der Waals surface area contributed by atoms with Gasteiger partial charge >= 0.3 is 0 Å². The maximum Gasteiger partial charge on any atom is 0.133 e. The molecule has 0 saturated heterocycles. The van der Waals surface area contributed by atoms with Crippen LogP contribution in [0.15, 0.2) is 30.3 Å². The molecule has 2 rings (SSSR count). The minimum Gasteiger partial charge on any atom is -0.325 e. The van der Waals surface area contributed by atoms with Gasteiger partial charge in [-0.3, -0.25) is 0 Å². The Bertz CT molecular complexity index is 521. The van der Waals surface area contributed by atoms with Crippen LogP contribution in [-0.2, 0) is 13.0 Å². The Hall–Kier alpha value is -1.74. The van der Waals surface area contributed by atoms with E-state index in [1.165, 1.54) is 11.1 Å². The maximum atomic E-state index is 5.62. The molecule has 0 saturated carbocycles. The summed E-state index contributed by atoms with van der Waals surface area (Å²) in [5.41, 5.74) is 10.0. The summed E-state index contributed by atoms with van der Waals surface area (Å²) in [5.74, 6) is 0.847. The largest absolute Gasteiger partial charge is 0.325 e. The van der Waals surface area contributed by atoms with Crippen LogP contribution in [0.25, 0.3) is 0 Å². The molecule has 88 valence electrons. The van der Waals surface area contributed by atoms with E-state index in [0.717, 1.165) is 23.6 Å². The summed E-state index contributed by atoms with van der Waals surface area (Å²) < 4.78 is 0. The van der Waals surface area contributed by atoms with Crippen LogP contribution in [0.2, 0.25) is 0 Å². The molecule has 0 spiro atoms. The average Bonchev–Trinajstić information content (AvgIpc) is 2.31. The number of nitrogens with zero attached hydrogens (tertiary/aromatic N) is 2. The van der Waals surface area contributed by atoms with Crippen LogP contribution in [-0.4, -0.2) is 9.97 Å². The lowest BCUT2D eigenvalue weighted by Gasteiger charge is -2.06. The lowest BCUT2D eigenvalue weighted by Crippen LogP contribution is -2.06. The highest BCUT2D eigenvalue weighted by atomic mass is 14.9. The molecule has 1 aromatic carbocycles. The van der Waals surface area contributed by atoms with Gasteiger partial charge in [0.2, 0.25) is 0 Å². The number of rotatable bonds is 3. The molecule has 3 nitrogen and oxygen atoms in total. The zero-order valence-corrected chi connectivity index (χ0v) is 10.3. The number of nitrogens with two attached hydrogens (primary N) is 1. The van der Waals surface area contributed by atoms with Crippen molar-refractivity contribution in [2.45, 2.75) is 26.8 Å². The molecule has 0 bridgehead atoms. The standard InChI is InChI=1S/C14H17N3/c1-10-5-3-4-6-12(10)8-14-16-11(2)7-13(9-15)17-14/h3-7H,8-9,15H2,1-2H3. The van der Waals surface area contributed by atoms with Crippen molar-refractivity contribution in [1.82, 2.24) is 9.97 Å². The summed E-state index contributed by atoms with van der Waals surface area (Å²) in [7, 11) is 0. The summed E-state index contributed by atoms with van der Waals surface area (Å²) in [6.07, 6.45) is 0.765.